The van der Waals surface area contributed by atoms with E-state index in [4.69, 9.17) is 9.47 Å². The summed E-state index contributed by atoms with van der Waals surface area (Å²) in [5, 5.41) is 12.7. The van der Waals surface area contributed by atoms with Gasteiger partial charge in [-0.2, -0.15) is 0 Å². The lowest BCUT2D eigenvalue weighted by atomic mass is 9.99. The van der Waals surface area contributed by atoms with Crippen LogP contribution < -0.4 is 9.64 Å². The van der Waals surface area contributed by atoms with Crippen LogP contribution in [0.15, 0.2) is 65.8 Å². The molecule has 5 rings (SSSR count). The van der Waals surface area contributed by atoms with Crippen molar-refractivity contribution in [2.24, 2.45) is 5.16 Å². The Kier molecular flexibility index (Phi) is 4.91. The first kappa shape index (κ1) is 19.9. The van der Waals surface area contributed by atoms with E-state index in [1.807, 2.05) is 6.07 Å². The predicted octanol–water partition coefficient (Wildman–Crippen LogP) is 3.65. The minimum Gasteiger partial charge on any atom is -0.467 e. The summed E-state index contributed by atoms with van der Waals surface area (Å²) >= 11 is 0. The van der Waals surface area contributed by atoms with Crippen molar-refractivity contribution in [1.29, 1.82) is 0 Å². The van der Waals surface area contributed by atoms with Crippen molar-refractivity contribution in [3.05, 3.63) is 94.3 Å². The van der Waals surface area contributed by atoms with Gasteiger partial charge in [0, 0.05) is 27.8 Å². The molecule has 3 aromatic carbocycles. The molecule has 0 fully saturated rings. The highest BCUT2D eigenvalue weighted by atomic mass is 19.1. The standard InChI is InChI=1S/C24H17FN2O5/c25-18-8-16(23-17(9-18)12-31-13-32-23)11-27-20-7-6-15(10-19(20)21(26-30)24(27)29)22(28)14-4-2-1-3-5-14/h1-10,30H,11-13H2/b26-21-. The third-order valence-corrected chi connectivity index (χ3v) is 5.47. The summed E-state index contributed by atoms with van der Waals surface area (Å²) < 4.78 is 24.9. The van der Waals surface area contributed by atoms with Gasteiger partial charge in [0.2, 0.25) is 0 Å². The maximum absolute atomic E-state index is 14.2. The van der Waals surface area contributed by atoms with E-state index in [2.05, 4.69) is 5.16 Å². The van der Waals surface area contributed by atoms with E-state index in [0.717, 1.165) is 0 Å². The van der Waals surface area contributed by atoms with Crippen molar-refractivity contribution in [2.45, 2.75) is 13.2 Å². The van der Waals surface area contributed by atoms with Crippen molar-refractivity contribution in [1.82, 2.24) is 0 Å². The quantitative estimate of drug-likeness (QED) is 0.386. The van der Waals surface area contributed by atoms with E-state index in [1.54, 1.807) is 36.4 Å². The number of nitrogens with zero attached hydrogens (tertiary/aromatic N) is 2. The number of fused-ring (bicyclic) bond motifs is 2. The Morgan fingerprint density at radius 3 is 2.69 bits per heavy atom. The minimum atomic E-state index is -0.558. The lowest BCUT2D eigenvalue weighted by molar-refractivity contribution is -0.112. The van der Waals surface area contributed by atoms with E-state index in [1.165, 1.54) is 23.1 Å². The van der Waals surface area contributed by atoms with Gasteiger partial charge in [-0.15, -0.1) is 0 Å². The molecule has 1 amide bonds. The summed E-state index contributed by atoms with van der Waals surface area (Å²) in [6, 6.07) is 16.1. The highest BCUT2D eigenvalue weighted by molar-refractivity contribution is 6.54. The van der Waals surface area contributed by atoms with Crippen molar-refractivity contribution >= 4 is 23.1 Å². The first-order chi connectivity index (χ1) is 15.6. The van der Waals surface area contributed by atoms with Gasteiger partial charge in [0.15, 0.2) is 18.3 Å². The number of oxime groups is 1. The second-order valence-electron chi connectivity index (χ2n) is 7.43. The number of carbonyl (C=O) groups excluding carboxylic acids is 2. The first-order valence-electron chi connectivity index (χ1n) is 9.86. The number of rotatable bonds is 4. The highest BCUT2D eigenvalue weighted by Crippen LogP contribution is 2.36. The molecule has 0 radical (unpaired) electrons. The van der Waals surface area contributed by atoms with Crippen LogP contribution >= 0.6 is 0 Å². The topological polar surface area (TPSA) is 88.4 Å². The molecule has 0 aliphatic carbocycles. The average molecular weight is 432 g/mol. The van der Waals surface area contributed by atoms with E-state index >= 15 is 0 Å². The Morgan fingerprint density at radius 2 is 1.91 bits per heavy atom. The molecule has 32 heavy (non-hydrogen) atoms. The molecular weight excluding hydrogens is 415 g/mol. The largest absolute Gasteiger partial charge is 0.467 e. The third kappa shape index (κ3) is 3.30. The Hall–Kier alpha value is -4.04. The van der Waals surface area contributed by atoms with Crippen LogP contribution in [0.25, 0.3) is 0 Å². The van der Waals surface area contributed by atoms with Crippen LogP contribution in [0, 0.1) is 5.82 Å². The number of anilines is 1. The zero-order valence-corrected chi connectivity index (χ0v) is 16.7. The molecule has 0 unspecified atom stereocenters. The lowest BCUT2D eigenvalue weighted by Crippen LogP contribution is -2.30. The molecule has 3 aromatic rings. The number of ketones is 1. The van der Waals surface area contributed by atoms with E-state index in [9.17, 15) is 19.2 Å². The molecule has 0 aromatic heterocycles. The van der Waals surface area contributed by atoms with Gasteiger partial charge in [-0.3, -0.25) is 9.59 Å². The zero-order valence-electron chi connectivity index (χ0n) is 16.7. The van der Waals surface area contributed by atoms with E-state index in [0.29, 0.717) is 39.3 Å². The van der Waals surface area contributed by atoms with Crippen LogP contribution in [0.3, 0.4) is 0 Å². The van der Waals surface area contributed by atoms with Gasteiger partial charge in [0.1, 0.15) is 11.6 Å². The van der Waals surface area contributed by atoms with Crippen molar-refractivity contribution in [2.75, 3.05) is 11.7 Å². The van der Waals surface area contributed by atoms with Crippen LogP contribution in [0.4, 0.5) is 10.1 Å². The number of halogens is 1. The summed E-state index contributed by atoms with van der Waals surface area (Å²) in [7, 11) is 0. The second kappa shape index (κ2) is 7.90. The SMILES string of the molecule is O=C(c1ccccc1)c1ccc2c(c1)/C(=N/O)C(=O)N2Cc1cc(F)cc2c1OCOC2. The molecular formula is C24H17FN2O5. The Morgan fingerprint density at radius 1 is 1.09 bits per heavy atom. The van der Waals surface area contributed by atoms with Gasteiger partial charge < -0.3 is 19.6 Å². The Balaban J connectivity index is 1.53. The minimum absolute atomic E-state index is 0.00305. The van der Waals surface area contributed by atoms with E-state index < -0.39 is 11.7 Å². The Bertz CT molecular complexity index is 1270. The van der Waals surface area contributed by atoms with Crippen LogP contribution in [-0.2, 0) is 22.7 Å². The number of hydrogen-bond acceptors (Lipinski definition) is 6. The number of benzene rings is 3. The predicted molar refractivity (Wildman–Crippen MR) is 113 cm³/mol. The Labute approximate surface area is 182 Å². The molecule has 2 heterocycles. The molecule has 7 nitrogen and oxygen atoms in total. The molecule has 2 aliphatic heterocycles. The third-order valence-electron chi connectivity index (χ3n) is 5.47. The number of ether oxygens (including phenoxy) is 2. The van der Waals surface area contributed by atoms with Gasteiger partial charge in [0.25, 0.3) is 5.91 Å². The fourth-order valence-corrected chi connectivity index (χ4v) is 4.01. The first-order valence-corrected chi connectivity index (χ1v) is 9.86. The van der Waals surface area contributed by atoms with E-state index in [-0.39, 0.29) is 31.4 Å². The fourth-order valence-electron chi connectivity index (χ4n) is 4.01. The maximum Gasteiger partial charge on any atom is 0.281 e. The summed E-state index contributed by atoms with van der Waals surface area (Å²) in [4.78, 5) is 27.2. The lowest BCUT2D eigenvalue weighted by Gasteiger charge is -2.24. The molecule has 0 bridgehead atoms. The van der Waals surface area contributed by atoms with Crippen molar-refractivity contribution in [3.63, 3.8) is 0 Å². The monoisotopic (exact) mass is 432 g/mol. The van der Waals surface area contributed by atoms with Crippen molar-refractivity contribution < 1.29 is 28.7 Å². The van der Waals surface area contributed by atoms with Gasteiger partial charge in [-0.1, -0.05) is 35.5 Å². The normalized spacial score (nSPS) is 16.0. The summed E-state index contributed by atoms with van der Waals surface area (Å²) in [5.74, 6) is -0.780. The van der Waals surface area contributed by atoms with Gasteiger partial charge in [-0.25, -0.2) is 4.39 Å². The highest BCUT2D eigenvalue weighted by Gasteiger charge is 2.36. The fraction of sp³-hybridized carbons (Fsp3) is 0.125. The number of amides is 1. The van der Waals surface area contributed by atoms with Crippen LogP contribution in [0.2, 0.25) is 0 Å². The summed E-state index contributed by atoms with van der Waals surface area (Å²) in [5.41, 5.74) is 2.48. The number of carbonyl (C=O) groups is 2. The zero-order chi connectivity index (χ0) is 22.2. The molecule has 1 N–H and O–H groups in total. The molecule has 160 valence electrons. The molecule has 0 spiro atoms. The van der Waals surface area contributed by atoms with Gasteiger partial charge in [0.05, 0.1) is 18.8 Å². The smallest absolute Gasteiger partial charge is 0.281 e. The molecule has 0 saturated carbocycles. The average Bonchev–Trinajstić information content (AvgIpc) is 3.08. The molecule has 0 saturated heterocycles. The maximum atomic E-state index is 14.2. The van der Waals surface area contributed by atoms with Crippen LogP contribution in [-0.4, -0.2) is 29.4 Å². The van der Waals surface area contributed by atoms with Crippen LogP contribution in [0.5, 0.6) is 5.75 Å². The molecule has 2 aliphatic rings. The van der Waals surface area contributed by atoms with Crippen LogP contribution in [0.1, 0.15) is 32.6 Å². The molecule has 0 atom stereocenters. The number of hydrogen-bond donors (Lipinski definition) is 1. The summed E-state index contributed by atoms with van der Waals surface area (Å²) in [6.07, 6.45) is 0. The summed E-state index contributed by atoms with van der Waals surface area (Å²) in [6.45, 7) is 0.236. The molecule has 8 heteroatoms. The van der Waals surface area contributed by atoms with Gasteiger partial charge >= 0.3 is 0 Å². The second-order valence-corrected chi connectivity index (χ2v) is 7.43. The van der Waals surface area contributed by atoms with Gasteiger partial charge in [-0.05, 0) is 30.3 Å². The van der Waals surface area contributed by atoms with Crippen molar-refractivity contribution in [3.8, 4) is 5.75 Å².